The van der Waals surface area contributed by atoms with Gasteiger partial charge in [-0.15, -0.1) is 0 Å². The van der Waals surface area contributed by atoms with E-state index in [1.807, 2.05) is 12.1 Å². The molecule has 2 aromatic rings. The first kappa shape index (κ1) is 11.3. The Bertz CT molecular complexity index is 637. The van der Waals surface area contributed by atoms with Gasteiger partial charge >= 0.3 is 0 Å². The first-order valence-electron chi connectivity index (χ1n) is 5.91. The molecule has 1 aromatic heterocycles. The summed E-state index contributed by atoms with van der Waals surface area (Å²) in [5.41, 5.74) is 7.62. The largest absolute Gasteiger partial charge is 0.326 e. The Morgan fingerprint density at radius 3 is 3.00 bits per heavy atom. The summed E-state index contributed by atoms with van der Waals surface area (Å²) in [6.07, 6.45) is 1.76. The quantitative estimate of drug-likeness (QED) is 0.923. The number of nitrogens with zero attached hydrogens (tertiary/aromatic N) is 3. The van der Waals surface area contributed by atoms with E-state index in [4.69, 9.17) is 24.0 Å². The van der Waals surface area contributed by atoms with E-state index in [1.165, 1.54) is 0 Å². The molecular formula is C13H13ClN4. The van der Waals surface area contributed by atoms with Crippen molar-refractivity contribution in [3.63, 3.8) is 0 Å². The van der Waals surface area contributed by atoms with Gasteiger partial charge in [-0.25, -0.2) is 0 Å². The minimum absolute atomic E-state index is 0.303. The second kappa shape index (κ2) is 5.21. The van der Waals surface area contributed by atoms with Crippen molar-refractivity contribution in [2.45, 2.75) is 19.5 Å². The fourth-order valence-corrected chi connectivity index (χ4v) is 1.85. The number of aromatic nitrogens is 2. The summed E-state index contributed by atoms with van der Waals surface area (Å²) in [5.74, 6) is 0. The molecule has 0 aliphatic carbocycles. The molecule has 0 radical (unpaired) electrons. The Balaban J connectivity index is 2.28. The molecule has 1 atom stereocenters. The lowest BCUT2D eigenvalue weighted by atomic mass is 10.1. The van der Waals surface area contributed by atoms with Crippen LogP contribution in [0, 0.1) is 11.3 Å². The molecule has 4 nitrogen and oxygen atoms in total. The van der Waals surface area contributed by atoms with Crippen molar-refractivity contribution in [1.29, 1.82) is 5.26 Å². The van der Waals surface area contributed by atoms with Crippen LogP contribution in [0.2, 0.25) is 5.02 Å². The van der Waals surface area contributed by atoms with Gasteiger partial charge in [0.1, 0.15) is 6.07 Å². The highest BCUT2D eigenvalue weighted by Crippen LogP contribution is 2.24. The minimum atomic E-state index is -1.06. The molecular weight excluding hydrogens is 248 g/mol. The SMILES string of the molecule is [2H][C@@](C)(N)Cn1ccc(-c2ccc(C#N)c(Cl)c2)n1. The topological polar surface area (TPSA) is 67.6 Å². The summed E-state index contributed by atoms with van der Waals surface area (Å²) in [6, 6.07) is 7.93. The maximum absolute atomic E-state index is 8.82. The molecule has 0 spiro atoms. The second-order valence-electron chi connectivity index (χ2n) is 4.05. The van der Waals surface area contributed by atoms with E-state index in [9.17, 15) is 0 Å². The van der Waals surface area contributed by atoms with Crippen LogP contribution >= 0.6 is 11.6 Å². The van der Waals surface area contributed by atoms with E-state index in [2.05, 4.69) is 5.10 Å². The summed E-state index contributed by atoms with van der Waals surface area (Å²) in [7, 11) is 0. The van der Waals surface area contributed by atoms with Crippen LogP contribution in [0.4, 0.5) is 0 Å². The van der Waals surface area contributed by atoms with Crippen molar-refractivity contribution >= 4 is 11.6 Å². The van der Waals surface area contributed by atoms with Gasteiger partial charge in [0.15, 0.2) is 0 Å². The molecule has 0 aliphatic rings. The number of benzene rings is 1. The third kappa shape index (κ3) is 2.70. The number of hydrogen-bond acceptors (Lipinski definition) is 3. The molecule has 0 unspecified atom stereocenters. The van der Waals surface area contributed by atoms with E-state index >= 15 is 0 Å². The molecule has 0 aliphatic heterocycles. The predicted molar refractivity (Wildman–Crippen MR) is 71.0 cm³/mol. The third-order valence-corrected chi connectivity index (χ3v) is 2.75. The summed E-state index contributed by atoms with van der Waals surface area (Å²) >= 11 is 5.99. The molecule has 92 valence electrons. The second-order valence-corrected chi connectivity index (χ2v) is 4.46. The first-order valence-corrected chi connectivity index (χ1v) is 5.79. The predicted octanol–water partition coefficient (Wildman–Crippen LogP) is 2.42. The maximum atomic E-state index is 8.82. The van der Waals surface area contributed by atoms with E-state index in [-0.39, 0.29) is 0 Å². The van der Waals surface area contributed by atoms with Gasteiger partial charge in [-0.3, -0.25) is 4.68 Å². The van der Waals surface area contributed by atoms with Crippen LogP contribution in [-0.2, 0) is 6.54 Å². The zero-order valence-corrected chi connectivity index (χ0v) is 10.6. The molecule has 2 N–H and O–H groups in total. The Morgan fingerprint density at radius 2 is 2.39 bits per heavy atom. The highest BCUT2D eigenvalue weighted by Gasteiger charge is 2.06. The Kier molecular flexibility index (Phi) is 3.26. The van der Waals surface area contributed by atoms with Gasteiger partial charge in [-0.1, -0.05) is 17.7 Å². The third-order valence-electron chi connectivity index (χ3n) is 2.44. The average Bonchev–Trinajstić information content (AvgIpc) is 2.75. The lowest BCUT2D eigenvalue weighted by molar-refractivity contribution is 0.540. The van der Waals surface area contributed by atoms with Crippen LogP contribution in [0.25, 0.3) is 11.3 Å². The van der Waals surface area contributed by atoms with Crippen molar-refractivity contribution in [2.24, 2.45) is 5.73 Å². The molecule has 0 saturated heterocycles. The number of nitrogens with two attached hydrogens (primary N) is 1. The molecule has 18 heavy (non-hydrogen) atoms. The molecule has 1 heterocycles. The summed E-state index contributed by atoms with van der Waals surface area (Å²) in [4.78, 5) is 0. The van der Waals surface area contributed by atoms with Crippen LogP contribution in [0.1, 0.15) is 13.9 Å². The van der Waals surface area contributed by atoms with Crippen LogP contribution in [0.3, 0.4) is 0 Å². The lowest BCUT2D eigenvalue weighted by Gasteiger charge is -2.04. The van der Waals surface area contributed by atoms with Crippen molar-refractivity contribution in [1.82, 2.24) is 9.78 Å². The normalized spacial score (nSPS) is 14.7. The van der Waals surface area contributed by atoms with Crippen molar-refractivity contribution < 1.29 is 1.37 Å². The van der Waals surface area contributed by atoms with E-state index in [1.54, 1.807) is 36.0 Å². The van der Waals surface area contributed by atoms with Crippen molar-refractivity contribution in [3.05, 3.63) is 41.0 Å². The summed E-state index contributed by atoms with van der Waals surface area (Å²) in [5, 5.41) is 13.6. The number of nitriles is 1. The van der Waals surface area contributed by atoms with Crippen LogP contribution < -0.4 is 5.73 Å². The highest BCUT2D eigenvalue weighted by atomic mass is 35.5. The Morgan fingerprint density at radius 1 is 1.61 bits per heavy atom. The van der Waals surface area contributed by atoms with Crippen LogP contribution in [0.15, 0.2) is 30.5 Å². The molecule has 0 bridgehead atoms. The monoisotopic (exact) mass is 261 g/mol. The molecule has 0 fully saturated rings. The van der Waals surface area contributed by atoms with Gasteiger partial charge in [-0.05, 0) is 25.1 Å². The molecule has 0 saturated carbocycles. The van der Waals surface area contributed by atoms with Gasteiger partial charge in [0.05, 0.1) is 22.8 Å². The van der Waals surface area contributed by atoms with Gasteiger partial charge in [0.2, 0.25) is 0 Å². The molecule has 5 heteroatoms. The van der Waals surface area contributed by atoms with E-state index in [0.717, 1.165) is 11.3 Å². The average molecular weight is 262 g/mol. The van der Waals surface area contributed by atoms with Crippen molar-refractivity contribution in [2.75, 3.05) is 0 Å². The van der Waals surface area contributed by atoms with Gasteiger partial charge in [-0.2, -0.15) is 10.4 Å². The standard InChI is InChI=1S/C13H13ClN4/c1-9(16)8-18-5-4-13(17-18)10-2-3-11(7-15)12(14)6-10/h2-6,9H,8,16H2,1H3/t9-/m0/s1/i9D. The number of hydrogen-bond donors (Lipinski definition) is 1. The van der Waals surface area contributed by atoms with Crippen LogP contribution in [-0.4, -0.2) is 15.8 Å². The van der Waals surface area contributed by atoms with E-state index in [0.29, 0.717) is 17.1 Å². The fourth-order valence-electron chi connectivity index (χ4n) is 1.62. The zero-order valence-electron chi connectivity index (χ0n) is 10.9. The van der Waals surface area contributed by atoms with Crippen molar-refractivity contribution in [3.8, 4) is 17.3 Å². The Labute approximate surface area is 112 Å². The number of halogens is 1. The molecule has 1 aromatic carbocycles. The van der Waals surface area contributed by atoms with E-state index < -0.39 is 6.02 Å². The smallest absolute Gasteiger partial charge is 0.101 e. The maximum Gasteiger partial charge on any atom is 0.101 e. The summed E-state index contributed by atoms with van der Waals surface area (Å²) < 4.78 is 9.25. The van der Waals surface area contributed by atoms with Gasteiger partial charge < -0.3 is 5.73 Å². The van der Waals surface area contributed by atoms with Gasteiger partial charge in [0.25, 0.3) is 0 Å². The molecule has 2 rings (SSSR count). The summed E-state index contributed by atoms with van der Waals surface area (Å²) in [6.45, 7) is 1.92. The highest BCUT2D eigenvalue weighted by molar-refractivity contribution is 6.32. The lowest BCUT2D eigenvalue weighted by Crippen LogP contribution is -2.22. The first-order chi connectivity index (χ1) is 8.89. The van der Waals surface area contributed by atoms with Gasteiger partial charge in [0, 0.05) is 19.1 Å². The minimum Gasteiger partial charge on any atom is -0.326 e. The molecule has 0 amide bonds. The zero-order chi connectivity index (χ0) is 14.0. The fraction of sp³-hybridized carbons (Fsp3) is 0.231. The Hall–Kier alpha value is -1.83. The number of rotatable bonds is 3. The van der Waals surface area contributed by atoms with Crippen LogP contribution in [0.5, 0.6) is 0 Å².